The van der Waals surface area contributed by atoms with Gasteiger partial charge in [-0.1, -0.05) is 58.4 Å². The van der Waals surface area contributed by atoms with Crippen LogP contribution in [0.3, 0.4) is 0 Å². The van der Waals surface area contributed by atoms with E-state index in [1.54, 1.807) is 0 Å². The number of nitrogens with zero attached hydrogens (tertiary/aromatic N) is 3. The van der Waals surface area contributed by atoms with Crippen molar-refractivity contribution in [3.8, 4) is 0 Å². The van der Waals surface area contributed by atoms with Crippen LogP contribution >= 0.6 is 0 Å². The van der Waals surface area contributed by atoms with Crippen molar-refractivity contribution in [2.24, 2.45) is 11.8 Å². The van der Waals surface area contributed by atoms with E-state index in [1.165, 1.54) is 37.3 Å². The van der Waals surface area contributed by atoms with Crippen LogP contribution in [-0.4, -0.2) is 29.0 Å². The van der Waals surface area contributed by atoms with E-state index in [0.717, 1.165) is 53.6 Å². The van der Waals surface area contributed by atoms with Gasteiger partial charge in [0.25, 0.3) is 0 Å². The third-order valence-corrected chi connectivity index (χ3v) is 6.95. The molecule has 0 aliphatic carbocycles. The zero-order valence-corrected chi connectivity index (χ0v) is 25.3. The Kier molecular flexibility index (Phi) is 15.0. The Labute approximate surface area is 232 Å². The number of amides is 1. The first-order chi connectivity index (χ1) is 18.0. The molecule has 0 spiro atoms. The number of hydrogen-bond acceptors (Lipinski definition) is 5. The predicted molar refractivity (Wildman–Crippen MR) is 166 cm³/mol. The molecule has 2 aromatic rings. The summed E-state index contributed by atoms with van der Waals surface area (Å²) in [7, 11) is 0. The van der Waals surface area contributed by atoms with Crippen LogP contribution < -0.4 is 15.5 Å². The van der Waals surface area contributed by atoms with Crippen LogP contribution in [0.2, 0.25) is 0 Å². The third-order valence-electron chi connectivity index (χ3n) is 6.95. The molecule has 2 heterocycles. The number of aryl methyl sites for hydroxylation is 1. The molecule has 1 aromatic carbocycles. The van der Waals surface area contributed by atoms with Gasteiger partial charge in [0.2, 0.25) is 11.9 Å². The Hall–Kier alpha value is -3.15. The van der Waals surface area contributed by atoms with Gasteiger partial charge in [-0.15, -0.1) is 0 Å². The van der Waals surface area contributed by atoms with Crippen LogP contribution in [0.5, 0.6) is 0 Å². The van der Waals surface area contributed by atoms with E-state index >= 15 is 0 Å². The number of rotatable bonds is 7. The number of carbonyl (C=O) groups excluding carboxylic acids is 1. The highest BCUT2D eigenvalue weighted by atomic mass is 16.1. The Morgan fingerprint density at radius 2 is 1.68 bits per heavy atom. The first-order valence-electron chi connectivity index (χ1n) is 14.0. The average Bonchev–Trinajstić information content (AvgIpc) is 2.91. The number of carbonyl (C=O) groups is 1. The van der Waals surface area contributed by atoms with Crippen molar-refractivity contribution < 1.29 is 4.79 Å². The minimum absolute atomic E-state index is 0.233. The Morgan fingerprint density at radius 3 is 2.18 bits per heavy atom. The fraction of sp³-hybridized carbons (Fsp3) is 0.531. The number of piperidine rings is 1. The normalized spacial score (nSPS) is 13.3. The van der Waals surface area contributed by atoms with Gasteiger partial charge in [0.05, 0.1) is 0 Å². The molecule has 1 saturated heterocycles. The smallest absolute Gasteiger partial charge is 0.247 e. The Bertz CT molecular complexity index is 1030. The molecule has 0 saturated carbocycles. The summed E-state index contributed by atoms with van der Waals surface area (Å²) in [5.74, 6) is 3.12. The van der Waals surface area contributed by atoms with Crippen molar-refractivity contribution in [2.75, 3.05) is 28.6 Å². The minimum Gasteiger partial charge on any atom is -0.341 e. The number of nitrogens with one attached hydrogen (secondary N) is 2. The van der Waals surface area contributed by atoms with Gasteiger partial charge in [-0.25, -0.2) is 4.98 Å². The van der Waals surface area contributed by atoms with E-state index in [4.69, 9.17) is 4.98 Å². The van der Waals surface area contributed by atoms with Crippen LogP contribution in [0, 0.1) is 25.7 Å². The van der Waals surface area contributed by atoms with Crippen molar-refractivity contribution in [2.45, 2.75) is 88.0 Å². The van der Waals surface area contributed by atoms with Crippen LogP contribution in [0.15, 0.2) is 48.6 Å². The van der Waals surface area contributed by atoms with Gasteiger partial charge in [-0.2, -0.15) is 4.98 Å². The standard InChI is InChI=1S/C20H25N5O.C7H16.C5H10/c1-4-18(26)22-16-9-8-10-17(13-16)23-19-14(2)15(3)21-20(24-19)25-11-6-5-7-12-25;1-5-7(4)6(2)3;1-4-5(2)3/h4,8-10,13H,1,5-7,11-12H2,2-3H3,(H,22,26)(H,21,23,24);6-7H,5H2,1-4H3;4H,1-3H3. The maximum absolute atomic E-state index is 11.5. The lowest BCUT2D eigenvalue weighted by atomic mass is 9.96. The van der Waals surface area contributed by atoms with Gasteiger partial charge in [0, 0.05) is 35.7 Å². The molecule has 1 amide bonds. The fourth-order valence-corrected chi connectivity index (χ4v) is 3.45. The molecule has 6 nitrogen and oxygen atoms in total. The quantitative estimate of drug-likeness (QED) is 0.282. The maximum atomic E-state index is 11.5. The summed E-state index contributed by atoms with van der Waals surface area (Å²) in [6, 6.07) is 7.54. The lowest BCUT2D eigenvalue weighted by molar-refractivity contribution is -0.111. The van der Waals surface area contributed by atoms with E-state index in [9.17, 15) is 4.79 Å². The number of hydrogen-bond donors (Lipinski definition) is 2. The molecule has 1 aromatic heterocycles. The summed E-state index contributed by atoms with van der Waals surface area (Å²) in [6.07, 6.45) is 8.30. The molecule has 1 unspecified atom stereocenters. The van der Waals surface area contributed by atoms with Crippen molar-refractivity contribution in [1.29, 1.82) is 0 Å². The van der Waals surface area contributed by atoms with Gasteiger partial charge >= 0.3 is 0 Å². The Morgan fingerprint density at radius 1 is 1.08 bits per heavy atom. The van der Waals surface area contributed by atoms with E-state index in [2.05, 4.69) is 74.7 Å². The first-order valence-corrected chi connectivity index (χ1v) is 14.0. The first kappa shape index (κ1) is 32.9. The minimum atomic E-state index is -0.233. The number of anilines is 4. The largest absolute Gasteiger partial charge is 0.341 e. The summed E-state index contributed by atoms with van der Waals surface area (Å²) in [5.41, 5.74) is 4.94. The highest BCUT2D eigenvalue weighted by Crippen LogP contribution is 2.26. The molecular weight excluding hydrogens is 470 g/mol. The summed E-state index contributed by atoms with van der Waals surface area (Å²) >= 11 is 0. The molecule has 1 atom stereocenters. The number of benzene rings is 1. The fourth-order valence-electron chi connectivity index (χ4n) is 3.45. The van der Waals surface area contributed by atoms with Crippen LogP contribution in [0.1, 0.15) is 85.4 Å². The van der Waals surface area contributed by atoms with Crippen LogP contribution in [-0.2, 0) is 4.79 Å². The molecule has 0 bridgehead atoms. The van der Waals surface area contributed by atoms with E-state index in [-0.39, 0.29) is 5.91 Å². The lowest BCUT2D eigenvalue weighted by Gasteiger charge is -2.27. The molecular formula is C32H51N5O. The zero-order valence-electron chi connectivity index (χ0n) is 25.3. The number of aromatic nitrogens is 2. The molecule has 1 aliphatic rings. The van der Waals surface area contributed by atoms with Gasteiger partial charge in [-0.3, -0.25) is 4.79 Å². The third kappa shape index (κ3) is 11.9. The van der Waals surface area contributed by atoms with Gasteiger partial charge in [0.15, 0.2) is 0 Å². The van der Waals surface area contributed by atoms with Crippen molar-refractivity contribution >= 4 is 29.0 Å². The predicted octanol–water partition coefficient (Wildman–Crippen LogP) is 8.61. The van der Waals surface area contributed by atoms with E-state index in [0.29, 0.717) is 5.69 Å². The SMILES string of the molecule is C=CC(=O)Nc1cccc(Nc2nc(N3CCCCC3)nc(C)c2C)c1.CC=C(C)C.CCC(C)C(C)C. The number of allylic oxidation sites excluding steroid dienone is 2. The summed E-state index contributed by atoms with van der Waals surface area (Å²) in [6.45, 7) is 24.8. The molecule has 1 aliphatic heterocycles. The van der Waals surface area contributed by atoms with Gasteiger partial charge in [0.1, 0.15) is 5.82 Å². The lowest BCUT2D eigenvalue weighted by Crippen LogP contribution is -2.31. The zero-order chi connectivity index (χ0) is 28.7. The molecule has 0 radical (unpaired) electrons. The summed E-state index contributed by atoms with van der Waals surface area (Å²) in [4.78, 5) is 23.2. The molecule has 6 heteroatoms. The molecule has 2 N–H and O–H groups in total. The highest BCUT2D eigenvalue weighted by molar-refractivity contribution is 5.99. The summed E-state index contributed by atoms with van der Waals surface area (Å²) < 4.78 is 0. The Balaban J connectivity index is 0.000000503. The summed E-state index contributed by atoms with van der Waals surface area (Å²) in [5, 5.41) is 6.14. The van der Waals surface area contributed by atoms with Crippen molar-refractivity contribution in [3.63, 3.8) is 0 Å². The van der Waals surface area contributed by atoms with Gasteiger partial charge < -0.3 is 15.5 Å². The maximum Gasteiger partial charge on any atom is 0.247 e. The van der Waals surface area contributed by atoms with Gasteiger partial charge in [-0.05, 0) is 90.0 Å². The monoisotopic (exact) mass is 521 g/mol. The molecule has 3 rings (SSSR count). The van der Waals surface area contributed by atoms with Crippen molar-refractivity contribution in [1.82, 2.24) is 9.97 Å². The second kappa shape index (κ2) is 17.4. The molecule has 38 heavy (non-hydrogen) atoms. The highest BCUT2D eigenvalue weighted by Gasteiger charge is 2.16. The van der Waals surface area contributed by atoms with Crippen LogP contribution in [0.4, 0.5) is 23.1 Å². The topological polar surface area (TPSA) is 70.2 Å². The molecule has 1 fully saturated rings. The second-order valence-electron chi connectivity index (χ2n) is 10.5. The van der Waals surface area contributed by atoms with Crippen molar-refractivity contribution in [3.05, 3.63) is 59.8 Å². The van der Waals surface area contributed by atoms with E-state index in [1.807, 2.05) is 45.0 Å². The van der Waals surface area contributed by atoms with E-state index < -0.39 is 0 Å². The molecule has 210 valence electrons. The average molecular weight is 522 g/mol. The van der Waals surface area contributed by atoms with Crippen LogP contribution in [0.25, 0.3) is 0 Å². The second-order valence-corrected chi connectivity index (χ2v) is 10.5.